The number of carbonyl (C=O) groups is 2. The van der Waals surface area contributed by atoms with Gasteiger partial charge in [0.25, 0.3) is 0 Å². The van der Waals surface area contributed by atoms with Crippen LogP contribution in [0, 0.1) is 0 Å². The Hall–Kier alpha value is -1.26. The van der Waals surface area contributed by atoms with E-state index in [1.54, 1.807) is 4.90 Å². The minimum absolute atomic E-state index is 0.156. The van der Waals surface area contributed by atoms with Crippen molar-refractivity contribution in [1.29, 1.82) is 0 Å². The number of esters is 1. The molecular weight excluding hydrogens is 208 g/mol. The first kappa shape index (κ1) is 12.8. The lowest BCUT2D eigenvalue weighted by atomic mass is 10.0. The molecule has 2 amide bonds. The van der Waals surface area contributed by atoms with Crippen LogP contribution in [-0.2, 0) is 9.53 Å². The van der Waals surface area contributed by atoms with E-state index in [0.29, 0.717) is 19.5 Å². The van der Waals surface area contributed by atoms with Crippen molar-refractivity contribution in [3.8, 4) is 0 Å². The maximum atomic E-state index is 11.8. The molecule has 1 N–H and O–H groups in total. The van der Waals surface area contributed by atoms with Gasteiger partial charge in [-0.2, -0.15) is 0 Å². The molecule has 1 heterocycles. The van der Waals surface area contributed by atoms with E-state index in [-0.39, 0.29) is 12.0 Å². The number of piperidine rings is 1. The van der Waals surface area contributed by atoms with Crippen LogP contribution in [0.3, 0.4) is 0 Å². The molecule has 0 aromatic rings. The van der Waals surface area contributed by atoms with Gasteiger partial charge in [-0.3, -0.25) is 0 Å². The van der Waals surface area contributed by atoms with Gasteiger partial charge in [0.1, 0.15) is 6.04 Å². The predicted octanol–water partition coefficient (Wildman–Crippen LogP) is 1.13. The monoisotopic (exact) mass is 228 g/mol. The van der Waals surface area contributed by atoms with E-state index in [0.717, 1.165) is 19.3 Å². The molecule has 5 nitrogen and oxygen atoms in total. The van der Waals surface area contributed by atoms with Gasteiger partial charge in [0, 0.05) is 13.1 Å². The maximum Gasteiger partial charge on any atom is 0.328 e. The van der Waals surface area contributed by atoms with E-state index in [4.69, 9.17) is 4.74 Å². The zero-order valence-corrected chi connectivity index (χ0v) is 9.99. The third-order valence-corrected chi connectivity index (χ3v) is 2.76. The Morgan fingerprint density at radius 2 is 2.19 bits per heavy atom. The quantitative estimate of drug-likeness (QED) is 0.737. The van der Waals surface area contributed by atoms with Crippen LogP contribution in [0.4, 0.5) is 4.79 Å². The number of carbonyl (C=O) groups excluding carboxylic acids is 2. The van der Waals surface area contributed by atoms with Gasteiger partial charge >= 0.3 is 12.0 Å². The molecule has 1 unspecified atom stereocenters. The van der Waals surface area contributed by atoms with Crippen molar-refractivity contribution in [2.24, 2.45) is 0 Å². The lowest BCUT2D eigenvalue weighted by Gasteiger charge is -2.33. The fraction of sp³-hybridized carbons (Fsp3) is 0.818. The number of nitrogens with one attached hydrogen (secondary N) is 1. The van der Waals surface area contributed by atoms with Gasteiger partial charge in [0.05, 0.1) is 7.11 Å². The Bertz CT molecular complexity index is 256. The molecule has 1 aliphatic rings. The Morgan fingerprint density at radius 1 is 1.44 bits per heavy atom. The van der Waals surface area contributed by atoms with E-state index in [1.165, 1.54) is 7.11 Å². The number of methoxy groups -OCH3 is 1. The normalized spacial score (nSPS) is 20.4. The minimum Gasteiger partial charge on any atom is -0.467 e. The van der Waals surface area contributed by atoms with Crippen LogP contribution in [-0.4, -0.2) is 43.1 Å². The van der Waals surface area contributed by atoms with E-state index >= 15 is 0 Å². The van der Waals surface area contributed by atoms with E-state index in [9.17, 15) is 9.59 Å². The average molecular weight is 228 g/mol. The van der Waals surface area contributed by atoms with Crippen molar-refractivity contribution in [3.05, 3.63) is 0 Å². The summed E-state index contributed by atoms with van der Waals surface area (Å²) in [5, 5.41) is 2.79. The topological polar surface area (TPSA) is 58.6 Å². The summed E-state index contributed by atoms with van der Waals surface area (Å²) in [5.41, 5.74) is 0. The van der Waals surface area contributed by atoms with Gasteiger partial charge < -0.3 is 15.0 Å². The number of hydrogen-bond donors (Lipinski definition) is 1. The van der Waals surface area contributed by atoms with E-state index < -0.39 is 6.04 Å². The van der Waals surface area contributed by atoms with Crippen molar-refractivity contribution in [1.82, 2.24) is 10.2 Å². The number of rotatable bonds is 3. The van der Waals surface area contributed by atoms with Crippen molar-refractivity contribution in [2.45, 2.75) is 38.6 Å². The number of amides is 2. The van der Waals surface area contributed by atoms with Gasteiger partial charge in [-0.05, 0) is 25.7 Å². The van der Waals surface area contributed by atoms with Gasteiger partial charge in [0.15, 0.2) is 0 Å². The molecule has 1 fully saturated rings. The largest absolute Gasteiger partial charge is 0.467 e. The highest BCUT2D eigenvalue weighted by atomic mass is 16.5. The van der Waals surface area contributed by atoms with Crippen LogP contribution in [0.25, 0.3) is 0 Å². The van der Waals surface area contributed by atoms with Gasteiger partial charge in [-0.15, -0.1) is 0 Å². The second-order valence-electron chi connectivity index (χ2n) is 3.96. The summed E-state index contributed by atoms with van der Waals surface area (Å²) < 4.78 is 4.71. The molecule has 1 saturated heterocycles. The van der Waals surface area contributed by atoms with Crippen molar-refractivity contribution in [2.75, 3.05) is 20.2 Å². The fourth-order valence-corrected chi connectivity index (χ4v) is 1.89. The molecular formula is C11H20N2O3. The highest BCUT2D eigenvalue weighted by Crippen LogP contribution is 2.17. The number of hydrogen-bond acceptors (Lipinski definition) is 3. The summed E-state index contributed by atoms with van der Waals surface area (Å²) in [6.07, 6.45) is 3.51. The molecule has 1 rings (SSSR count). The minimum atomic E-state index is -0.407. The van der Waals surface area contributed by atoms with Crippen LogP contribution < -0.4 is 5.32 Å². The number of urea groups is 1. The molecule has 0 spiro atoms. The first-order chi connectivity index (χ1) is 7.70. The zero-order valence-electron chi connectivity index (χ0n) is 9.99. The summed E-state index contributed by atoms with van der Waals surface area (Å²) in [4.78, 5) is 24.9. The van der Waals surface area contributed by atoms with E-state index in [2.05, 4.69) is 5.32 Å². The number of likely N-dealkylation sites (tertiary alicyclic amines) is 1. The Kier molecular flexibility index (Phi) is 5.08. The van der Waals surface area contributed by atoms with Crippen molar-refractivity contribution >= 4 is 12.0 Å². The molecule has 92 valence electrons. The molecule has 0 aliphatic carbocycles. The summed E-state index contributed by atoms with van der Waals surface area (Å²) in [6, 6.07) is -0.562. The zero-order chi connectivity index (χ0) is 12.0. The molecule has 16 heavy (non-hydrogen) atoms. The third-order valence-electron chi connectivity index (χ3n) is 2.76. The van der Waals surface area contributed by atoms with E-state index in [1.807, 2.05) is 6.92 Å². The van der Waals surface area contributed by atoms with Crippen molar-refractivity contribution in [3.63, 3.8) is 0 Å². The highest BCUT2D eigenvalue weighted by molar-refractivity contribution is 5.83. The molecule has 1 atom stereocenters. The second kappa shape index (κ2) is 6.35. The van der Waals surface area contributed by atoms with Crippen LogP contribution >= 0.6 is 0 Å². The SMILES string of the molecule is CCCNC(=O)N1CCCCC1C(=O)OC. The first-order valence-electron chi connectivity index (χ1n) is 5.83. The molecule has 1 aliphatic heterocycles. The van der Waals surface area contributed by atoms with Gasteiger partial charge in [-0.25, -0.2) is 9.59 Å². The summed E-state index contributed by atoms with van der Waals surface area (Å²) in [5.74, 6) is -0.314. The summed E-state index contributed by atoms with van der Waals surface area (Å²) in [7, 11) is 1.36. The van der Waals surface area contributed by atoms with Gasteiger partial charge in [-0.1, -0.05) is 6.92 Å². The summed E-state index contributed by atoms with van der Waals surface area (Å²) >= 11 is 0. The molecule has 0 radical (unpaired) electrons. The maximum absolute atomic E-state index is 11.8. The second-order valence-corrected chi connectivity index (χ2v) is 3.96. The standard InChI is InChI=1S/C11H20N2O3/c1-3-7-12-11(15)13-8-5-4-6-9(13)10(14)16-2/h9H,3-8H2,1-2H3,(H,12,15). The lowest BCUT2D eigenvalue weighted by molar-refractivity contribution is -0.146. The van der Waals surface area contributed by atoms with Crippen LogP contribution in [0.15, 0.2) is 0 Å². The smallest absolute Gasteiger partial charge is 0.328 e. The number of ether oxygens (including phenoxy) is 1. The highest BCUT2D eigenvalue weighted by Gasteiger charge is 2.32. The summed E-state index contributed by atoms with van der Waals surface area (Å²) in [6.45, 7) is 3.27. The lowest BCUT2D eigenvalue weighted by Crippen LogP contribution is -2.52. The third kappa shape index (κ3) is 3.12. The predicted molar refractivity (Wildman–Crippen MR) is 60.1 cm³/mol. The first-order valence-corrected chi connectivity index (χ1v) is 5.83. The van der Waals surface area contributed by atoms with Crippen LogP contribution in [0.1, 0.15) is 32.6 Å². The van der Waals surface area contributed by atoms with Gasteiger partial charge in [0.2, 0.25) is 0 Å². The Balaban J connectivity index is 2.59. The molecule has 5 heteroatoms. The van der Waals surface area contributed by atoms with Crippen LogP contribution in [0.2, 0.25) is 0 Å². The molecule has 0 aromatic heterocycles. The molecule has 0 saturated carbocycles. The average Bonchev–Trinajstić information content (AvgIpc) is 2.35. The van der Waals surface area contributed by atoms with Crippen molar-refractivity contribution < 1.29 is 14.3 Å². The molecule has 0 bridgehead atoms. The number of nitrogens with zero attached hydrogens (tertiary/aromatic N) is 1. The van der Waals surface area contributed by atoms with Crippen LogP contribution in [0.5, 0.6) is 0 Å². The fourth-order valence-electron chi connectivity index (χ4n) is 1.89. The Morgan fingerprint density at radius 3 is 2.81 bits per heavy atom. The Labute approximate surface area is 96.1 Å². The molecule has 0 aromatic carbocycles.